The molecular weight excluding hydrogens is 442 g/mol. The second-order valence-electron chi connectivity index (χ2n) is 8.09. The predicted molar refractivity (Wildman–Crippen MR) is 119 cm³/mol. The van der Waals surface area contributed by atoms with Gasteiger partial charge in [-0.3, -0.25) is 14.4 Å². The Morgan fingerprint density at radius 3 is 2.59 bits per heavy atom. The number of rotatable bonds is 7. The van der Waals surface area contributed by atoms with Crippen LogP contribution in [0.25, 0.3) is 11.1 Å². The molecule has 0 saturated carbocycles. The SMILES string of the molecule is COc1ccc(-c2ccc3c(c2)C(=O)N2CC[C@H](NC(=O)CCC(=O)[O-])[C@H]2C(=O)N3)c(OC)c1. The van der Waals surface area contributed by atoms with Gasteiger partial charge in [-0.2, -0.15) is 0 Å². The van der Waals surface area contributed by atoms with Crippen molar-refractivity contribution in [1.82, 2.24) is 10.2 Å². The summed E-state index contributed by atoms with van der Waals surface area (Å²) in [7, 11) is 3.10. The van der Waals surface area contributed by atoms with Crippen molar-refractivity contribution in [3.8, 4) is 22.6 Å². The van der Waals surface area contributed by atoms with Crippen LogP contribution in [0.3, 0.4) is 0 Å². The molecular formula is C24H24N3O7-. The van der Waals surface area contributed by atoms with Crippen molar-refractivity contribution < 1.29 is 33.8 Å². The first kappa shape index (κ1) is 23.1. The fourth-order valence-corrected chi connectivity index (χ4v) is 4.39. The fraction of sp³-hybridized carbons (Fsp3) is 0.333. The summed E-state index contributed by atoms with van der Waals surface area (Å²) in [5.41, 5.74) is 2.19. The molecule has 34 heavy (non-hydrogen) atoms. The first-order valence-electron chi connectivity index (χ1n) is 10.8. The average molecular weight is 466 g/mol. The molecule has 178 valence electrons. The van der Waals surface area contributed by atoms with E-state index in [1.807, 2.05) is 6.07 Å². The number of carbonyl (C=O) groups excluding carboxylic acids is 4. The highest BCUT2D eigenvalue weighted by molar-refractivity contribution is 6.11. The number of fused-ring (bicyclic) bond motifs is 2. The third-order valence-corrected chi connectivity index (χ3v) is 6.06. The Morgan fingerprint density at radius 1 is 1.09 bits per heavy atom. The predicted octanol–water partition coefficient (Wildman–Crippen LogP) is 0.552. The molecule has 2 aliphatic rings. The average Bonchev–Trinajstić information content (AvgIpc) is 3.21. The lowest BCUT2D eigenvalue weighted by atomic mass is 10.00. The number of nitrogens with zero attached hydrogens (tertiary/aromatic N) is 1. The van der Waals surface area contributed by atoms with Crippen molar-refractivity contribution in [2.75, 3.05) is 26.1 Å². The number of carbonyl (C=O) groups is 4. The molecule has 0 unspecified atom stereocenters. The number of ether oxygens (including phenoxy) is 2. The van der Waals surface area contributed by atoms with E-state index >= 15 is 0 Å². The van der Waals surface area contributed by atoms with E-state index in [9.17, 15) is 24.3 Å². The first-order chi connectivity index (χ1) is 16.3. The number of nitrogens with one attached hydrogen (secondary N) is 2. The van der Waals surface area contributed by atoms with E-state index in [4.69, 9.17) is 9.47 Å². The van der Waals surface area contributed by atoms with E-state index in [2.05, 4.69) is 10.6 Å². The minimum atomic E-state index is -1.33. The molecule has 10 heteroatoms. The molecule has 0 radical (unpaired) electrons. The zero-order valence-electron chi connectivity index (χ0n) is 18.8. The normalized spacial score (nSPS) is 18.9. The molecule has 3 amide bonds. The molecule has 10 nitrogen and oxygen atoms in total. The number of anilines is 1. The van der Waals surface area contributed by atoms with Crippen molar-refractivity contribution in [2.24, 2.45) is 0 Å². The van der Waals surface area contributed by atoms with Gasteiger partial charge in [-0.05, 0) is 42.7 Å². The zero-order valence-corrected chi connectivity index (χ0v) is 18.8. The molecule has 2 heterocycles. The lowest BCUT2D eigenvalue weighted by molar-refractivity contribution is -0.305. The molecule has 2 N–H and O–H groups in total. The second-order valence-corrected chi connectivity index (χ2v) is 8.09. The van der Waals surface area contributed by atoms with Crippen LogP contribution in [-0.4, -0.2) is 61.4 Å². The van der Waals surface area contributed by atoms with Crippen LogP contribution in [0.15, 0.2) is 36.4 Å². The maximum Gasteiger partial charge on any atom is 0.256 e. The maximum absolute atomic E-state index is 13.4. The van der Waals surface area contributed by atoms with Crippen LogP contribution in [0.4, 0.5) is 5.69 Å². The van der Waals surface area contributed by atoms with E-state index in [-0.39, 0.29) is 18.9 Å². The largest absolute Gasteiger partial charge is 0.550 e. The highest BCUT2D eigenvalue weighted by atomic mass is 16.5. The Labute approximate surface area is 195 Å². The minimum Gasteiger partial charge on any atom is -0.550 e. The zero-order chi connectivity index (χ0) is 24.4. The first-order valence-corrected chi connectivity index (χ1v) is 10.8. The Bertz CT molecular complexity index is 1160. The Balaban J connectivity index is 1.61. The molecule has 0 aliphatic carbocycles. The van der Waals surface area contributed by atoms with Crippen LogP contribution >= 0.6 is 0 Å². The number of carboxylic acid groups (broad SMARTS) is 1. The number of hydrogen-bond donors (Lipinski definition) is 2. The van der Waals surface area contributed by atoms with Crippen molar-refractivity contribution in [1.29, 1.82) is 0 Å². The van der Waals surface area contributed by atoms with E-state index < -0.39 is 36.3 Å². The Morgan fingerprint density at radius 2 is 1.88 bits per heavy atom. The van der Waals surface area contributed by atoms with Crippen LogP contribution in [0.5, 0.6) is 11.5 Å². The number of hydrogen-bond acceptors (Lipinski definition) is 7. The molecule has 0 bridgehead atoms. The summed E-state index contributed by atoms with van der Waals surface area (Å²) in [5.74, 6) is -1.38. The summed E-state index contributed by atoms with van der Waals surface area (Å²) in [5, 5.41) is 16.1. The topological polar surface area (TPSA) is 137 Å². The van der Waals surface area contributed by atoms with Crippen molar-refractivity contribution >= 4 is 29.4 Å². The summed E-state index contributed by atoms with van der Waals surface area (Å²) in [4.78, 5) is 50.6. The van der Waals surface area contributed by atoms with Gasteiger partial charge in [0.15, 0.2) is 0 Å². The number of aliphatic carboxylic acids is 1. The Kier molecular flexibility index (Phi) is 6.40. The monoisotopic (exact) mass is 466 g/mol. The van der Waals surface area contributed by atoms with Gasteiger partial charge in [0, 0.05) is 30.6 Å². The van der Waals surface area contributed by atoms with E-state index in [1.165, 1.54) is 4.90 Å². The number of methoxy groups -OCH3 is 2. The molecule has 0 aromatic heterocycles. The summed E-state index contributed by atoms with van der Waals surface area (Å²) >= 11 is 0. The molecule has 2 atom stereocenters. The standard InChI is InChI=1S/C24H25N3O7/c1-33-14-4-5-15(19(12-14)34-2)13-3-6-17-16(11-13)24(32)27-10-9-18(22(27)23(31)26-17)25-20(28)7-8-21(29)30/h3-6,11-12,18,22H,7-10H2,1-2H3,(H,25,28)(H,26,31)(H,29,30)/p-1/t18-,22-/m0/s1. The van der Waals surface area contributed by atoms with Crippen molar-refractivity contribution in [2.45, 2.75) is 31.3 Å². The highest BCUT2D eigenvalue weighted by Gasteiger charge is 2.45. The lowest BCUT2D eigenvalue weighted by Crippen LogP contribution is -2.51. The quantitative estimate of drug-likeness (QED) is 0.608. The van der Waals surface area contributed by atoms with Gasteiger partial charge in [0.2, 0.25) is 11.8 Å². The van der Waals surface area contributed by atoms with Crippen LogP contribution < -0.4 is 25.2 Å². The third-order valence-electron chi connectivity index (χ3n) is 6.06. The minimum absolute atomic E-state index is 0.256. The van der Waals surface area contributed by atoms with Gasteiger partial charge in [-0.15, -0.1) is 0 Å². The van der Waals surface area contributed by atoms with E-state index in [1.54, 1.807) is 44.6 Å². The fourth-order valence-electron chi connectivity index (χ4n) is 4.39. The van der Waals surface area contributed by atoms with Gasteiger partial charge in [0.05, 0.1) is 31.5 Å². The third kappa shape index (κ3) is 4.39. The number of amides is 3. The number of carboxylic acids is 1. The van der Waals surface area contributed by atoms with Crippen LogP contribution in [0.1, 0.15) is 29.6 Å². The van der Waals surface area contributed by atoms with Crippen molar-refractivity contribution in [3.05, 3.63) is 42.0 Å². The molecule has 0 spiro atoms. The molecule has 1 saturated heterocycles. The molecule has 4 rings (SSSR count). The van der Waals surface area contributed by atoms with E-state index in [0.717, 1.165) is 11.1 Å². The Hall–Kier alpha value is -4.08. The van der Waals surface area contributed by atoms with Gasteiger partial charge in [-0.25, -0.2) is 0 Å². The van der Waals surface area contributed by atoms with E-state index in [0.29, 0.717) is 29.2 Å². The van der Waals surface area contributed by atoms with Gasteiger partial charge >= 0.3 is 0 Å². The molecule has 2 aromatic carbocycles. The highest BCUT2D eigenvalue weighted by Crippen LogP contribution is 2.37. The smallest absolute Gasteiger partial charge is 0.256 e. The van der Waals surface area contributed by atoms with Crippen LogP contribution in [0, 0.1) is 0 Å². The van der Waals surface area contributed by atoms with Gasteiger partial charge < -0.3 is 34.9 Å². The van der Waals surface area contributed by atoms with Gasteiger partial charge in [0.25, 0.3) is 5.91 Å². The summed E-state index contributed by atoms with van der Waals surface area (Å²) < 4.78 is 10.7. The summed E-state index contributed by atoms with van der Waals surface area (Å²) in [6.07, 6.45) is -0.294. The van der Waals surface area contributed by atoms with Crippen LogP contribution in [0.2, 0.25) is 0 Å². The molecule has 2 aliphatic heterocycles. The van der Waals surface area contributed by atoms with Gasteiger partial charge in [0.1, 0.15) is 17.5 Å². The summed E-state index contributed by atoms with van der Waals surface area (Å²) in [6.45, 7) is 0.276. The second kappa shape index (κ2) is 9.42. The van der Waals surface area contributed by atoms with Gasteiger partial charge in [-0.1, -0.05) is 6.07 Å². The molecule has 2 aromatic rings. The summed E-state index contributed by atoms with van der Waals surface area (Å²) in [6, 6.07) is 9.00. The number of benzene rings is 2. The maximum atomic E-state index is 13.4. The lowest BCUT2D eigenvalue weighted by Gasteiger charge is -2.25. The molecule has 1 fully saturated rings. The van der Waals surface area contributed by atoms with Crippen molar-refractivity contribution in [3.63, 3.8) is 0 Å². The van der Waals surface area contributed by atoms with Crippen LogP contribution in [-0.2, 0) is 14.4 Å².